The van der Waals surface area contributed by atoms with Crippen LogP contribution in [0.3, 0.4) is 0 Å². The molecule has 0 N–H and O–H groups in total. The van der Waals surface area contributed by atoms with E-state index in [-0.39, 0.29) is 17.8 Å². The van der Waals surface area contributed by atoms with Crippen molar-refractivity contribution in [3.05, 3.63) is 71.8 Å². The molecule has 0 aromatic heterocycles. The first-order chi connectivity index (χ1) is 12.2. The Kier molecular flexibility index (Phi) is 3.55. The van der Waals surface area contributed by atoms with Gasteiger partial charge in [-0.2, -0.15) is 0 Å². The van der Waals surface area contributed by atoms with Crippen molar-refractivity contribution in [1.82, 2.24) is 0 Å². The first-order valence-corrected chi connectivity index (χ1v) is 9.62. The summed E-state index contributed by atoms with van der Waals surface area (Å²) >= 11 is 0. The summed E-state index contributed by atoms with van der Waals surface area (Å²) in [4.78, 5) is 0. The van der Waals surface area contributed by atoms with Crippen molar-refractivity contribution in [1.29, 1.82) is 0 Å². The predicted molar refractivity (Wildman–Crippen MR) is 98.2 cm³/mol. The van der Waals surface area contributed by atoms with Crippen LogP contribution in [0.1, 0.15) is 55.8 Å². The summed E-state index contributed by atoms with van der Waals surface area (Å²) in [6, 6.07) is 21.4. The van der Waals surface area contributed by atoms with Crippen LogP contribution in [0.2, 0.25) is 0 Å². The van der Waals surface area contributed by atoms with Crippen LogP contribution in [0.4, 0.5) is 0 Å². The van der Waals surface area contributed by atoms with E-state index in [0.29, 0.717) is 11.3 Å². The zero-order valence-corrected chi connectivity index (χ0v) is 14.9. The van der Waals surface area contributed by atoms with Gasteiger partial charge in [0.15, 0.2) is 5.79 Å². The Hall–Kier alpha value is -1.64. The summed E-state index contributed by atoms with van der Waals surface area (Å²) in [5, 5.41) is 0. The van der Waals surface area contributed by atoms with Crippen LogP contribution in [-0.2, 0) is 9.47 Å². The lowest BCUT2D eigenvalue weighted by Crippen LogP contribution is -2.49. The molecule has 2 aromatic rings. The van der Waals surface area contributed by atoms with Crippen LogP contribution < -0.4 is 0 Å². The highest BCUT2D eigenvalue weighted by molar-refractivity contribution is 5.28. The molecule has 2 nitrogen and oxygen atoms in total. The first-order valence-electron chi connectivity index (χ1n) is 9.62. The highest BCUT2D eigenvalue weighted by Gasteiger charge is 2.66. The van der Waals surface area contributed by atoms with Crippen molar-refractivity contribution in [2.45, 2.75) is 50.4 Å². The van der Waals surface area contributed by atoms with Gasteiger partial charge in [-0.15, -0.1) is 0 Å². The van der Waals surface area contributed by atoms with Crippen molar-refractivity contribution in [3.8, 4) is 0 Å². The fraction of sp³-hybridized carbons (Fsp3) is 0.478. The van der Waals surface area contributed by atoms with Gasteiger partial charge in [0.25, 0.3) is 0 Å². The minimum absolute atomic E-state index is 0.0697. The summed E-state index contributed by atoms with van der Waals surface area (Å²) in [5.74, 6) is 0.455. The average Bonchev–Trinajstić information content (AvgIpc) is 3.37. The Bertz CT molecular complexity index is 743. The number of ether oxygens (including phenoxy) is 2. The second-order valence-electron chi connectivity index (χ2n) is 8.35. The Balaban J connectivity index is 1.51. The molecular weight excluding hydrogens is 308 g/mol. The smallest absolute Gasteiger partial charge is 0.172 e. The van der Waals surface area contributed by atoms with E-state index in [4.69, 9.17) is 9.47 Å². The lowest BCUT2D eigenvalue weighted by atomic mass is 9.82. The SMILES string of the molecule is CC12CCCC3(OCC(c4ccccc4)C(c4ccccc4)O3)C1C2. The molecule has 2 saturated carbocycles. The van der Waals surface area contributed by atoms with Gasteiger partial charge in [-0.05, 0) is 35.8 Å². The molecule has 2 aliphatic carbocycles. The molecule has 1 heterocycles. The van der Waals surface area contributed by atoms with E-state index in [1.807, 2.05) is 0 Å². The molecule has 0 radical (unpaired) electrons. The summed E-state index contributed by atoms with van der Waals surface area (Å²) in [7, 11) is 0. The van der Waals surface area contributed by atoms with Gasteiger partial charge in [-0.25, -0.2) is 0 Å². The lowest BCUT2D eigenvalue weighted by molar-refractivity contribution is -0.326. The van der Waals surface area contributed by atoms with E-state index in [2.05, 4.69) is 67.6 Å². The third-order valence-corrected chi connectivity index (χ3v) is 6.71. The predicted octanol–water partition coefficient (Wildman–Crippen LogP) is 5.46. The molecule has 130 valence electrons. The van der Waals surface area contributed by atoms with E-state index in [9.17, 15) is 0 Å². The second-order valence-corrected chi connectivity index (χ2v) is 8.35. The van der Waals surface area contributed by atoms with Crippen molar-refractivity contribution in [2.75, 3.05) is 6.61 Å². The number of hydrogen-bond acceptors (Lipinski definition) is 2. The Labute approximate surface area is 150 Å². The van der Waals surface area contributed by atoms with Crippen molar-refractivity contribution in [2.24, 2.45) is 11.3 Å². The topological polar surface area (TPSA) is 18.5 Å². The molecule has 2 heteroatoms. The first kappa shape index (κ1) is 15.6. The fourth-order valence-corrected chi connectivity index (χ4v) is 5.16. The van der Waals surface area contributed by atoms with E-state index in [1.165, 1.54) is 30.4 Å². The maximum atomic E-state index is 6.86. The minimum atomic E-state index is -0.362. The molecule has 3 aliphatic rings. The molecule has 0 amide bonds. The number of hydrogen-bond donors (Lipinski definition) is 0. The maximum absolute atomic E-state index is 6.86. The molecular formula is C23H26O2. The molecule has 1 aliphatic heterocycles. The van der Waals surface area contributed by atoms with Gasteiger partial charge in [-0.3, -0.25) is 0 Å². The van der Waals surface area contributed by atoms with Crippen molar-refractivity contribution in [3.63, 3.8) is 0 Å². The van der Waals surface area contributed by atoms with Gasteiger partial charge in [0.2, 0.25) is 0 Å². The van der Waals surface area contributed by atoms with Gasteiger partial charge in [0.1, 0.15) is 0 Å². The van der Waals surface area contributed by atoms with E-state index >= 15 is 0 Å². The van der Waals surface area contributed by atoms with Crippen LogP contribution in [0.25, 0.3) is 0 Å². The Morgan fingerprint density at radius 1 is 0.880 bits per heavy atom. The quantitative estimate of drug-likeness (QED) is 0.725. The molecule has 5 unspecified atom stereocenters. The minimum Gasteiger partial charge on any atom is -0.349 e. The third kappa shape index (κ3) is 2.54. The average molecular weight is 334 g/mol. The zero-order chi connectivity index (χ0) is 16.9. The summed E-state index contributed by atoms with van der Waals surface area (Å²) in [6.45, 7) is 3.16. The van der Waals surface area contributed by atoms with Gasteiger partial charge in [0, 0.05) is 18.3 Å². The molecule has 25 heavy (non-hydrogen) atoms. The normalized spacial score (nSPS) is 39.8. The second kappa shape index (κ2) is 5.69. The molecule has 5 atom stereocenters. The van der Waals surface area contributed by atoms with E-state index < -0.39 is 0 Å². The zero-order valence-electron chi connectivity index (χ0n) is 14.9. The highest BCUT2D eigenvalue weighted by atomic mass is 16.7. The van der Waals surface area contributed by atoms with Crippen molar-refractivity contribution < 1.29 is 9.47 Å². The standard InChI is InChI=1S/C23H26O2/c1-22-13-8-14-23(20(22)15-22)24-16-19(17-9-4-2-5-10-17)21(25-23)18-11-6-3-7-12-18/h2-7,9-12,19-21H,8,13-16H2,1H3. The third-order valence-electron chi connectivity index (χ3n) is 6.71. The highest BCUT2D eigenvalue weighted by Crippen LogP contribution is 2.68. The maximum Gasteiger partial charge on any atom is 0.172 e. The molecule has 2 aromatic carbocycles. The van der Waals surface area contributed by atoms with Gasteiger partial charge in [0.05, 0.1) is 12.7 Å². The monoisotopic (exact) mass is 334 g/mol. The molecule has 3 fully saturated rings. The van der Waals surface area contributed by atoms with Crippen LogP contribution in [-0.4, -0.2) is 12.4 Å². The van der Waals surface area contributed by atoms with Crippen LogP contribution in [0, 0.1) is 11.3 Å². The molecule has 1 spiro atoms. The summed E-state index contributed by atoms with van der Waals surface area (Å²) in [5.41, 5.74) is 3.02. The Morgan fingerprint density at radius 2 is 1.56 bits per heavy atom. The van der Waals surface area contributed by atoms with Gasteiger partial charge < -0.3 is 9.47 Å². The molecule has 1 saturated heterocycles. The van der Waals surface area contributed by atoms with Crippen LogP contribution in [0.15, 0.2) is 60.7 Å². The summed E-state index contributed by atoms with van der Waals surface area (Å²) in [6.07, 6.45) is 4.90. The number of rotatable bonds is 2. The van der Waals surface area contributed by atoms with E-state index in [0.717, 1.165) is 13.0 Å². The van der Waals surface area contributed by atoms with Gasteiger partial charge >= 0.3 is 0 Å². The lowest BCUT2D eigenvalue weighted by Gasteiger charge is -2.48. The molecule has 5 rings (SSSR count). The van der Waals surface area contributed by atoms with Crippen LogP contribution >= 0.6 is 0 Å². The number of benzene rings is 2. The fourth-order valence-electron chi connectivity index (χ4n) is 5.16. The van der Waals surface area contributed by atoms with Crippen LogP contribution in [0.5, 0.6) is 0 Å². The van der Waals surface area contributed by atoms with Crippen molar-refractivity contribution >= 4 is 0 Å². The van der Waals surface area contributed by atoms with Gasteiger partial charge in [-0.1, -0.05) is 67.6 Å². The van der Waals surface area contributed by atoms with E-state index in [1.54, 1.807) is 0 Å². The largest absolute Gasteiger partial charge is 0.349 e. The summed E-state index contributed by atoms with van der Waals surface area (Å²) < 4.78 is 13.4. The number of fused-ring (bicyclic) bond motifs is 2. The Morgan fingerprint density at radius 3 is 2.28 bits per heavy atom. The molecule has 0 bridgehead atoms.